The van der Waals surface area contributed by atoms with Crippen LogP contribution in [0.15, 0.2) is 18.3 Å². The number of nitrogens with one attached hydrogen (secondary N) is 1. The second-order valence-corrected chi connectivity index (χ2v) is 6.15. The zero-order chi connectivity index (χ0) is 14.4. The van der Waals surface area contributed by atoms with E-state index < -0.39 is 0 Å². The molecule has 1 aliphatic rings. The summed E-state index contributed by atoms with van der Waals surface area (Å²) in [4.78, 5) is 7.10. The summed E-state index contributed by atoms with van der Waals surface area (Å²) in [5.74, 6) is 0.761. The van der Waals surface area contributed by atoms with Crippen LogP contribution in [0.3, 0.4) is 0 Å². The van der Waals surface area contributed by atoms with Crippen molar-refractivity contribution in [2.24, 2.45) is 5.92 Å². The van der Waals surface area contributed by atoms with Crippen molar-refractivity contribution >= 4 is 0 Å². The highest BCUT2D eigenvalue weighted by Gasteiger charge is 2.19. The van der Waals surface area contributed by atoms with Gasteiger partial charge in [0.2, 0.25) is 0 Å². The van der Waals surface area contributed by atoms with Gasteiger partial charge in [0, 0.05) is 31.9 Å². The topological polar surface area (TPSA) is 28.2 Å². The van der Waals surface area contributed by atoms with Crippen LogP contribution in [-0.2, 0) is 13.1 Å². The van der Waals surface area contributed by atoms with Crippen LogP contribution in [0, 0.1) is 5.92 Å². The molecule has 112 valence electrons. The molecule has 0 spiro atoms. The van der Waals surface area contributed by atoms with Crippen LogP contribution in [0.5, 0.6) is 0 Å². The van der Waals surface area contributed by atoms with Crippen LogP contribution in [0.4, 0.5) is 0 Å². The van der Waals surface area contributed by atoms with E-state index in [2.05, 4.69) is 48.1 Å². The molecule has 1 atom stereocenters. The molecule has 1 heterocycles. The summed E-state index contributed by atoms with van der Waals surface area (Å²) in [6.07, 6.45) is 5.96. The zero-order valence-corrected chi connectivity index (χ0v) is 13.2. The quantitative estimate of drug-likeness (QED) is 0.750. The minimum absolute atomic E-state index is 0.761. The maximum absolute atomic E-state index is 4.62. The molecule has 20 heavy (non-hydrogen) atoms. The van der Waals surface area contributed by atoms with Crippen molar-refractivity contribution in [2.75, 3.05) is 13.1 Å². The lowest BCUT2D eigenvalue weighted by atomic mass is 10.1. The second kappa shape index (κ2) is 7.75. The number of hydrogen-bond donors (Lipinski definition) is 1. The lowest BCUT2D eigenvalue weighted by Gasteiger charge is -2.23. The van der Waals surface area contributed by atoms with Gasteiger partial charge in [0.1, 0.15) is 0 Å². The van der Waals surface area contributed by atoms with Crippen molar-refractivity contribution in [3.05, 3.63) is 29.6 Å². The SMILES string of the molecule is CCC(C)CN(CC)Cc1ccc(CNC2CC2)cn1. The zero-order valence-electron chi connectivity index (χ0n) is 13.2. The molecule has 0 amide bonds. The highest BCUT2D eigenvalue weighted by Crippen LogP contribution is 2.19. The monoisotopic (exact) mass is 275 g/mol. The van der Waals surface area contributed by atoms with Gasteiger partial charge in [-0.05, 0) is 36.9 Å². The molecular weight excluding hydrogens is 246 g/mol. The van der Waals surface area contributed by atoms with Gasteiger partial charge in [0.05, 0.1) is 5.69 Å². The summed E-state index contributed by atoms with van der Waals surface area (Å²) >= 11 is 0. The fraction of sp³-hybridized carbons (Fsp3) is 0.706. The van der Waals surface area contributed by atoms with Crippen molar-refractivity contribution in [3.63, 3.8) is 0 Å². The highest BCUT2D eigenvalue weighted by molar-refractivity contribution is 5.14. The van der Waals surface area contributed by atoms with Crippen molar-refractivity contribution in [1.29, 1.82) is 0 Å². The summed E-state index contributed by atoms with van der Waals surface area (Å²) in [6.45, 7) is 11.0. The number of pyridine rings is 1. The highest BCUT2D eigenvalue weighted by atomic mass is 15.1. The third-order valence-corrected chi connectivity index (χ3v) is 4.16. The molecule has 2 rings (SSSR count). The number of aromatic nitrogens is 1. The first kappa shape index (κ1) is 15.5. The van der Waals surface area contributed by atoms with E-state index in [0.717, 1.165) is 31.6 Å². The maximum Gasteiger partial charge on any atom is 0.0544 e. The van der Waals surface area contributed by atoms with Crippen LogP contribution < -0.4 is 5.32 Å². The largest absolute Gasteiger partial charge is 0.310 e. The Morgan fingerprint density at radius 2 is 2.15 bits per heavy atom. The fourth-order valence-corrected chi connectivity index (χ4v) is 2.31. The Bertz CT molecular complexity index is 384. The Balaban J connectivity index is 1.81. The number of nitrogens with zero attached hydrogens (tertiary/aromatic N) is 2. The molecule has 1 aliphatic carbocycles. The van der Waals surface area contributed by atoms with Gasteiger partial charge in [0.25, 0.3) is 0 Å². The van der Waals surface area contributed by atoms with E-state index in [0.29, 0.717) is 0 Å². The van der Waals surface area contributed by atoms with E-state index >= 15 is 0 Å². The predicted molar refractivity (Wildman–Crippen MR) is 84.5 cm³/mol. The average Bonchev–Trinajstić information content (AvgIpc) is 3.29. The molecule has 1 N–H and O–H groups in total. The standard InChI is InChI=1S/C17H29N3/c1-4-14(3)12-20(5-2)13-17-7-6-15(11-19-17)10-18-16-8-9-16/h6-7,11,14,16,18H,4-5,8-10,12-13H2,1-3H3. The first-order valence-corrected chi connectivity index (χ1v) is 8.10. The van der Waals surface area contributed by atoms with Gasteiger partial charge in [-0.25, -0.2) is 0 Å². The van der Waals surface area contributed by atoms with Crippen LogP contribution in [0.25, 0.3) is 0 Å². The molecule has 1 aromatic rings. The van der Waals surface area contributed by atoms with E-state index in [1.807, 2.05) is 6.20 Å². The van der Waals surface area contributed by atoms with Gasteiger partial charge < -0.3 is 5.32 Å². The van der Waals surface area contributed by atoms with E-state index in [1.54, 1.807) is 0 Å². The molecule has 0 aliphatic heterocycles. The van der Waals surface area contributed by atoms with Gasteiger partial charge in [-0.3, -0.25) is 9.88 Å². The average molecular weight is 275 g/mol. The molecule has 0 bridgehead atoms. The number of hydrogen-bond acceptors (Lipinski definition) is 3. The predicted octanol–water partition coefficient (Wildman–Crippen LogP) is 3.20. The van der Waals surface area contributed by atoms with Gasteiger partial charge >= 0.3 is 0 Å². The van der Waals surface area contributed by atoms with Crippen LogP contribution in [-0.4, -0.2) is 29.0 Å². The summed E-state index contributed by atoms with van der Waals surface area (Å²) in [5.41, 5.74) is 2.48. The summed E-state index contributed by atoms with van der Waals surface area (Å²) in [6, 6.07) is 5.17. The molecule has 0 saturated heterocycles. The first-order chi connectivity index (χ1) is 9.71. The normalized spacial score (nSPS) is 16.6. The first-order valence-electron chi connectivity index (χ1n) is 8.10. The molecule has 1 unspecified atom stereocenters. The third kappa shape index (κ3) is 5.22. The van der Waals surface area contributed by atoms with Gasteiger partial charge in [-0.2, -0.15) is 0 Å². The summed E-state index contributed by atoms with van der Waals surface area (Å²) in [5, 5.41) is 3.53. The van der Waals surface area contributed by atoms with Gasteiger partial charge in [-0.1, -0.05) is 33.3 Å². The van der Waals surface area contributed by atoms with E-state index in [-0.39, 0.29) is 0 Å². The lowest BCUT2D eigenvalue weighted by molar-refractivity contribution is 0.235. The van der Waals surface area contributed by atoms with Gasteiger partial charge in [0.15, 0.2) is 0 Å². The van der Waals surface area contributed by atoms with E-state index in [9.17, 15) is 0 Å². The van der Waals surface area contributed by atoms with Crippen molar-refractivity contribution < 1.29 is 0 Å². The molecule has 1 fully saturated rings. The van der Waals surface area contributed by atoms with Crippen molar-refractivity contribution in [1.82, 2.24) is 15.2 Å². The number of rotatable bonds is 9. The Labute approximate surface area is 123 Å². The third-order valence-electron chi connectivity index (χ3n) is 4.16. The molecule has 1 saturated carbocycles. The molecule has 0 aromatic carbocycles. The maximum atomic E-state index is 4.62. The Morgan fingerprint density at radius 1 is 1.35 bits per heavy atom. The molecule has 3 nitrogen and oxygen atoms in total. The molecule has 0 radical (unpaired) electrons. The summed E-state index contributed by atoms with van der Waals surface area (Å²) in [7, 11) is 0. The van der Waals surface area contributed by atoms with Crippen LogP contribution >= 0.6 is 0 Å². The van der Waals surface area contributed by atoms with Gasteiger partial charge in [-0.15, -0.1) is 0 Å². The smallest absolute Gasteiger partial charge is 0.0544 e. The molecular formula is C17H29N3. The van der Waals surface area contributed by atoms with Crippen LogP contribution in [0.1, 0.15) is 51.3 Å². The van der Waals surface area contributed by atoms with Crippen LogP contribution in [0.2, 0.25) is 0 Å². The van der Waals surface area contributed by atoms with E-state index in [1.165, 1.54) is 37.1 Å². The van der Waals surface area contributed by atoms with Crippen molar-refractivity contribution in [3.8, 4) is 0 Å². The van der Waals surface area contributed by atoms with E-state index in [4.69, 9.17) is 0 Å². The minimum atomic E-state index is 0.761. The van der Waals surface area contributed by atoms with Crippen molar-refractivity contribution in [2.45, 2.75) is 59.2 Å². The molecule has 3 heteroatoms. The Hall–Kier alpha value is -0.930. The fourth-order valence-electron chi connectivity index (χ4n) is 2.31. The Morgan fingerprint density at radius 3 is 2.70 bits per heavy atom. The summed E-state index contributed by atoms with van der Waals surface area (Å²) < 4.78 is 0. The Kier molecular flexibility index (Phi) is 5.99. The lowest BCUT2D eigenvalue weighted by Crippen LogP contribution is -2.28. The molecule has 1 aromatic heterocycles. The minimum Gasteiger partial charge on any atom is -0.310 e. The second-order valence-electron chi connectivity index (χ2n) is 6.15.